The minimum absolute atomic E-state index is 0.563. The van der Waals surface area contributed by atoms with Gasteiger partial charge in [0.15, 0.2) is 0 Å². The topological polar surface area (TPSA) is 51.4 Å². The van der Waals surface area contributed by atoms with E-state index in [0.29, 0.717) is 0 Å². The summed E-state index contributed by atoms with van der Waals surface area (Å²) in [5, 5.41) is 0. The molecule has 1 aliphatic carbocycles. The first-order valence-corrected chi connectivity index (χ1v) is 7.97. The molecule has 0 saturated carbocycles. The van der Waals surface area contributed by atoms with Crippen molar-refractivity contribution >= 4 is 0 Å². The number of nitrogens with zero attached hydrogens (tertiary/aromatic N) is 2. The average molecular weight is 321 g/mol. The first-order valence-electron chi connectivity index (χ1n) is 7.97. The van der Waals surface area contributed by atoms with Crippen LogP contribution in [0, 0.1) is 0 Å². The lowest BCUT2D eigenvalue weighted by molar-refractivity contribution is 0.415. The lowest BCUT2D eigenvalue weighted by Crippen LogP contribution is -2.38. The molecule has 0 amide bonds. The summed E-state index contributed by atoms with van der Waals surface area (Å²) in [6.07, 6.45) is 8.75. The zero-order valence-corrected chi connectivity index (χ0v) is 14.4. The molecule has 1 aliphatic rings. The molecule has 24 heavy (non-hydrogen) atoms. The summed E-state index contributed by atoms with van der Waals surface area (Å²) in [5.41, 5.74) is 10.3. The summed E-state index contributed by atoms with van der Waals surface area (Å²) in [7, 11) is 5.73. The van der Waals surface area contributed by atoms with Gasteiger partial charge in [0.05, 0.1) is 18.3 Å². The van der Waals surface area contributed by atoms with E-state index < -0.39 is 5.54 Å². The molecule has 2 N–H and O–H groups in total. The monoisotopic (exact) mass is 321 g/mol. The third-order valence-electron chi connectivity index (χ3n) is 4.39. The Bertz CT molecular complexity index is 760. The molecule has 2 aromatic rings. The van der Waals surface area contributed by atoms with Crippen molar-refractivity contribution in [1.82, 2.24) is 9.88 Å². The standard InChI is InChI=1S/C20H23N3O/c1-23(2)17-5-4-12-20(21,13-17)19-11-8-16(14-22-19)15-6-9-18(24-3)10-7-15/h4-12,14H,13,21H2,1-3H3. The lowest BCUT2D eigenvalue weighted by Gasteiger charge is -2.32. The first-order chi connectivity index (χ1) is 11.5. The van der Waals surface area contributed by atoms with Gasteiger partial charge in [0.1, 0.15) is 5.75 Å². The molecule has 1 unspecified atom stereocenters. The van der Waals surface area contributed by atoms with Crippen molar-refractivity contribution in [3.63, 3.8) is 0 Å². The molecule has 4 nitrogen and oxygen atoms in total. The van der Waals surface area contributed by atoms with Gasteiger partial charge in [-0.1, -0.05) is 30.4 Å². The SMILES string of the molecule is COc1ccc(-c2ccc(C3(N)C=CC=C(N(C)C)C3)nc2)cc1. The van der Waals surface area contributed by atoms with Crippen LogP contribution in [0.1, 0.15) is 12.1 Å². The second-order valence-corrected chi connectivity index (χ2v) is 6.29. The van der Waals surface area contributed by atoms with Gasteiger partial charge in [0, 0.05) is 38.0 Å². The highest BCUT2D eigenvalue weighted by Crippen LogP contribution is 2.31. The van der Waals surface area contributed by atoms with E-state index >= 15 is 0 Å². The molecule has 0 radical (unpaired) electrons. The molecule has 0 bridgehead atoms. The van der Waals surface area contributed by atoms with Crippen molar-refractivity contribution in [2.75, 3.05) is 21.2 Å². The number of hydrogen-bond donors (Lipinski definition) is 1. The van der Waals surface area contributed by atoms with Gasteiger partial charge in [-0.3, -0.25) is 4.98 Å². The Morgan fingerprint density at radius 1 is 1.08 bits per heavy atom. The fraction of sp³-hybridized carbons (Fsp3) is 0.250. The maximum absolute atomic E-state index is 6.60. The van der Waals surface area contributed by atoms with Gasteiger partial charge in [-0.25, -0.2) is 0 Å². The normalized spacial score (nSPS) is 19.8. The Hall–Kier alpha value is -2.59. The van der Waals surface area contributed by atoms with Crippen molar-refractivity contribution in [2.45, 2.75) is 12.0 Å². The fourth-order valence-electron chi connectivity index (χ4n) is 2.85. The minimum Gasteiger partial charge on any atom is -0.497 e. The largest absolute Gasteiger partial charge is 0.497 e. The van der Waals surface area contributed by atoms with Crippen molar-refractivity contribution in [2.24, 2.45) is 5.73 Å². The van der Waals surface area contributed by atoms with Crippen LogP contribution in [0.5, 0.6) is 5.75 Å². The Kier molecular flexibility index (Phi) is 4.40. The highest BCUT2D eigenvalue weighted by Gasteiger charge is 2.29. The predicted molar refractivity (Wildman–Crippen MR) is 97.6 cm³/mol. The molecule has 124 valence electrons. The van der Waals surface area contributed by atoms with Crippen LogP contribution in [0.25, 0.3) is 11.1 Å². The maximum Gasteiger partial charge on any atom is 0.118 e. The molecule has 4 heteroatoms. The number of rotatable bonds is 4. The number of pyridine rings is 1. The van der Waals surface area contributed by atoms with Gasteiger partial charge in [-0.2, -0.15) is 0 Å². The number of methoxy groups -OCH3 is 1. The van der Waals surface area contributed by atoms with Crippen LogP contribution in [-0.4, -0.2) is 31.1 Å². The van der Waals surface area contributed by atoms with Gasteiger partial charge in [-0.05, 0) is 29.8 Å². The number of allylic oxidation sites excluding steroid dienone is 2. The van der Waals surface area contributed by atoms with Crippen LogP contribution in [0.3, 0.4) is 0 Å². The van der Waals surface area contributed by atoms with Gasteiger partial charge in [0.25, 0.3) is 0 Å². The lowest BCUT2D eigenvalue weighted by atomic mass is 9.86. The highest BCUT2D eigenvalue weighted by molar-refractivity contribution is 5.63. The highest BCUT2D eigenvalue weighted by atomic mass is 16.5. The smallest absolute Gasteiger partial charge is 0.118 e. The van der Waals surface area contributed by atoms with E-state index in [1.54, 1.807) is 7.11 Å². The van der Waals surface area contributed by atoms with Crippen molar-refractivity contribution in [1.29, 1.82) is 0 Å². The molecule has 0 saturated heterocycles. The Morgan fingerprint density at radius 3 is 2.38 bits per heavy atom. The molecular weight excluding hydrogens is 298 g/mol. The molecule has 3 rings (SSSR count). The van der Waals surface area contributed by atoms with Crippen LogP contribution >= 0.6 is 0 Å². The summed E-state index contributed by atoms with van der Waals surface area (Å²) < 4.78 is 5.20. The Labute approximate surface area is 143 Å². The van der Waals surface area contributed by atoms with Gasteiger partial charge in [0.2, 0.25) is 0 Å². The molecule has 1 aromatic heterocycles. The minimum atomic E-state index is -0.563. The van der Waals surface area contributed by atoms with E-state index in [4.69, 9.17) is 10.5 Å². The molecular formula is C20H23N3O. The van der Waals surface area contributed by atoms with E-state index in [-0.39, 0.29) is 0 Å². The third kappa shape index (κ3) is 3.19. The van der Waals surface area contributed by atoms with Crippen LogP contribution in [0.2, 0.25) is 0 Å². The second-order valence-electron chi connectivity index (χ2n) is 6.29. The van der Waals surface area contributed by atoms with E-state index in [2.05, 4.69) is 22.0 Å². The number of nitrogens with two attached hydrogens (primary N) is 1. The first kappa shape index (κ1) is 16.3. The number of benzene rings is 1. The van der Waals surface area contributed by atoms with Crippen LogP contribution < -0.4 is 10.5 Å². The van der Waals surface area contributed by atoms with Crippen LogP contribution in [0.15, 0.2) is 66.5 Å². The van der Waals surface area contributed by atoms with Gasteiger partial charge >= 0.3 is 0 Å². The summed E-state index contributed by atoms with van der Waals surface area (Å²) >= 11 is 0. The van der Waals surface area contributed by atoms with Crippen molar-refractivity contribution in [3.8, 4) is 16.9 Å². The summed E-state index contributed by atoms with van der Waals surface area (Å²) in [6, 6.07) is 12.0. The zero-order chi connectivity index (χ0) is 17.2. The second kappa shape index (κ2) is 6.49. The van der Waals surface area contributed by atoms with Crippen molar-refractivity contribution < 1.29 is 4.74 Å². The van der Waals surface area contributed by atoms with Crippen LogP contribution in [0.4, 0.5) is 0 Å². The zero-order valence-electron chi connectivity index (χ0n) is 14.4. The molecule has 1 atom stereocenters. The quantitative estimate of drug-likeness (QED) is 0.938. The number of hydrogen-bond acceptors (Lipinski definition) is 4. The summed E-state index contributed by atoms with van der Waals surface area (Å²) in [6.45, 7) is 0. The number of aromatic nitrogens is 1. The van der Waals surface area contributed by atoms with E-state index in [1.807, 2.05) is 62.8 Å². The fourth-order valence-corrected chi connectivity index (χ4v) is 2.85. The Balaban J connectivity index is 1.84. The van der Waals surface area contributed by atoms with E-state index in [0.717, 1.165) is 29.0 Å². The van der Waals surface area contributed by atoms with E-state index in [9.17, 15) is 0 Å². The Morgan fingerprint density at radius 2 is 1.79 bits per heavy atom. The molecule has 0 spiro atoms. The van der Waals surface area contributed by atoms with Gasteiger partial charge in [-0.15, -0.1) is 0 Å². The summed E-state index contributed by atoms with van der Waals surface area (Å²) in [5.74, 6) is 0.847. The molecule has 1 aromatic carbocycles. The molecule has 0 fully saturated rings. The molecule has 1 heterocycles. The van der Waals surface area contributed by atoms with Crippen LogP contribution in [-0.2, 0) is 5.54 Å². The van der Waals surface area contributed by atoms with Crippen molar-refractivity contribution in [3.05, 3.63) is 72.2 Å². The van der Waals surface area contributed by atoms with Gasteiger partial charge < -0.3 is 15.4 Å². The average Bonchev–Trinajstić information content (AvgIpc) is 2.62. The summed E-state index contributed by atoms with van der Waals surface area (Å²) in [4.78, 5) is 6.73. The maximum atomic E-state index is 6.60. The third-order valence-corrected chi connectivity index (χ3v) is 4.39. The number of ether oxygens (including phenoxy) is 1. The molecule has 0 aliphatic heterocycles. The predicted octanol–water partition coefficient (Wildman–Crippen LogP) is 3.32. The van der Waals surface area contributed by atoms with E-state index in [1.165, 1.54) is 5.70 Å².